The second kappa shape index (κ2) is 9.97. The Bertz CT molecular complexity index is 781. The number of carbonyl (C=O) groups is 1. The van der Waals surface area contributed by atoms with Gasteiger partial charge in [0.15, 0.2) is 5.49 Å². The summed E-state index contributed by atoms with van der Waals surface area (Å²) in [4.78, 5) is 15.6. The minimum Gasteiger partial charge on any atom is -0.494 e. The Balaban J connectivity index is 1.81. The molecule has 2 aromatic rings. The van der Waals surface area contributed by atoms with E-state index < -0.39 is 0 Å². The fraction of sp³-hybridized carbons (Fsp3) is 0.263. The first kappa shape index (κ1) is 18.3. The first-order chi connectivity index (χ1) is 12.2. The van der Waals surface area contributed by atoms with Crippen LogP contribution in [-0.2, 0) is 9.53 Å². The van der Waals surface area contributed by atoms with Crippen LogP contribution in [0, 0.1) is 0 Å². The van der Waals surface area contributed by atoms with Crippen LogP contribution in [0.15, 0.2) is 59.7 Å². The van der Waals surface area contributed by atoms with E-state index >= 15 is 0 Å². The molecule has 0 saturated heterocycles. The highest BCUT2D eigenvalue weighted by molar-refractivity contribution is 5.87. The molecule has 0 spiro atoms. The summed E-state index contributed by atoms with van der Waals surface area (Å²) in [6.07, 6.45) is 5.34. The number of aromatic nitrogens is 1. The van der Waals surface area contributed by atoms with E-state index in [0.717, 1.165) is 22.5 Å². The van der Waals surface area contributed by atoms with Crippen LogP contribution >= 0.6 is 0 Å². The summed E-state index contributed by atoms with van der Waals surface area (Å²) in [6, 6.07) is 12.7. The average molecular weight is 342 g/mol. The largest absolute Gasteiger partial charge is 0.494 e. The molecule has 1 aromatic carbocycles. The summed E-state index contributed by atoms with van der Waals surface area (Å²) >= 11 is 0. The van der Waals surface area contributed by atoms with E-state index in [4.69, 9.17) is 9.47 Å². The van der Waals surface area contributed by atoms with E-state index in [-0.39, 0.29) is 5.97 Å². The summed E-state index contributed by atoms with van der Waals surface area (Å²) in [6.45, 7) is 3.18. The number of pyridine rings is 1. The predicted molar refractivity (Wildman–Crippen MR) is 94.3 cm³/mol. The molecule has 1 heterocycles. The van der Waals surface area contributed by atoms with Gasteiger partial charge in [-0.25, -0.2) is 4.79 Å². The SMILES string of the molecule is CCOC(=O)/C=C/c1cccc(OCCCN=c2ccccn2O)c1. The summed E-state index contributed by atoms with van der Waals surface area (Å²) in [5.74, 6) is 0.361. The van der Waals surface area contributed by atoms with Crippen LogP contribution < -0.4 is 10.2 Å². The van der Waals surface area contributed by atoms with Crippen molar-refractivity contribution in [2.45, 2.75) is 13.3 Å². The van der Waals surface area contributed by atoms with Gasteiger partial charge in [0.1, 0.15) is 5.75 Å². The minimum atomic E-state index is -0.363. The Hall–Kier alpha value is -3.02. The van der Waals surface area contributed by atoms with Crippen molar-refractivity contribution in [2.24, 2.45) is 4.99 Å². The molecule has 0 amide bonds. The molecule has 1 N–H and O–H groups in total. The number of rotatable bonds is 8. The predicted octanol–water partition coefficient (Wildman–Crippen LogP) is 2.67. The topological polar surface area (TPSA) is 73.0 Å². The maximum Gasteiger partial charge on any atom is 0.330 e. The Morgan fingerprint density at radius 2 is 2.16 bits per heavy atom. The lowest BCUT2D eigenvalue weighted by atomic mass is 10.2. The van der Waals surface area contributed by atoms with Crippen LogP contribution in [0.1, 0.15) is 18.9 Å². The van der Waals surface area contributed by atoms with Gasteiger partial charge in [-0.1, -0.05) is 18.2 Å². The molecule has 0 aliphatic carbocycles. The van der Waals surface area contributed by atoms with E-state index in [2.05, 4.69) is 4.99 Å². The molecule has 6 nitrogen and oxygen atoms in total. The number of nitrogens with zero attached hydrogens (tertiary/aromatic N) is 2. The fourth-order valence-corrected chi connectivity index (χ4v) is 2.06. The van der Waals surface area contributed by atoms with Gasteiger partial charge in [0.05, 0.1) is 13.2 Å². The molecule has 0 bridgehead atoms. The Morgan fingerprint density at radius 3 is 2.96 bits per heavy atom. The number of benzene rings is 1. The summed E-state index contributed by atoms with van der Waals surface area (Å²) in [5.41, 5.74) is 1.37. The second-order valence-electron chi connectivity index (χ2n) is 5.15. The average Bonchev–Trinajstić information content (AvgIpc) is 2.62. The second-order valence-corrected chi connectivity index (χ2v) is 5.15. The van der Waals surface area contributed by atoms with Gasteiger partial charge in [-0.05, 0) is 42.8 Å². The van der Waals surface area contributed by atoms with E-state index in [1.54, 1.807) is 25.1 Å². The van der Waals surface area contributed by atoms with Crippen molar-refractivity contribution in [3.63, 3.8) is 0 Å². The van der Waals surface area contributed by atoms with Crippen LogP contribution in [0.25, 0.3) is 6.08 Å². The monoisotopic (exact) mass is 342 g/mol. The molecule has 6 heteroatoms. The van der Waals surface area contributed by atoms with Gasteiger partial charge >= 0.3 is 5.97 Å². The molecule has 25 heavy (non-hydrogen) atoms. The smallest absolute Gasteiger partial charge is 0.330 e. The highest BCUT2D eigenvalue weighted by Crippen LogP contribution is 2.14. The van der Waals surface area contributed by atoms with E-state index in [1.807, 2.05) is 30.3 Å². The lowest BCUT2D eigenvalue weighted by Crippen LogP contribution is -2.17. The molecular weight excluding hydrogens is 320 g/mol. The maximum absolute atomic E-state index is 11.3. The first-order valence-corrected chi connectivity index (χ1v) is 8.14. The maximum atomic E-state index is 11.3. The third kappa shape index (κ3) is 6.55. The van der Waals surface area contributed by atoms with Crippen molar-refractivity contribution >= 4 is 12.0 Å². The van der Waals surface area contributed by atoms with Gasteiger partial charge < -0.3 is 14.7 Å². The number of carbonyl (C=O) groups excluding carboxylic acids is 1. The minimum absolute atomic E-state index is 0.358. The summed E-state index contributed by atoms with van der Waals surface area (Å²) in [5, 5.41) is 9.55. The normalized spacial score (nSPS) is 11.6. The lowest BCUT2D eigenvalue weighted by molar-refractivity contribution is -0.137. The van der Waals surface area contributed by atoms with Crippen molar-refractivity contribution in [1.82, 2.24) is 4.73 Å². The molecule has 1 aromatic heterocycles. The molecular formula is C19H22N2O4. The number of ether oxygens (including phenoxy) is 2. The van der Waals surface area contributed by atoms with Crippen molar-refractivity contribution in [3.8, 4) is 5.75 Å². The van der Waals surface area contributed by atoms with Gasteiger partial charge in [0.2, 0.25) is 0 Å². The highest BCUT2D eigenvalue weighted by atomic mass is 16.5. The number of hydrogen-bond donors (Lipinski definition) is 1. The molecule has 0 fully saturated rings. The van der Waals surface area contributed by atoms with Crippen LogP contribution in [0.3, 0.4) is 0 Å². The standard InChI is InChI=1S/C19H22N2O4/c1-2-24-19(22)11-10-16-7-5-8-17(15-16)25-14-6-12-20-18-9-3-4-13-21(18)23/h3-5,7-11,13,15,23H,2,6,12,14H2,1H3/b11-10+,20-18?. The molecule has 0 unspecified atom stereocenters. The summed E-state index contributed by atoms with van der Waals surface area (Å²) < 4.78 is 11.5. The van der Waals surface area contributed by atoms with Gasteiger partial charge in [0, 0.05) is 25.2 Å². The van der Waals surface area contributed by atoms with Crippen molar-refractivity contribution < 1.29 is 19.5 Å². The number of esters is 1. The van der Waals surface area contributed by atoms with Gasteiger partial charge in [-0.2, -0.15) is 4.73 Å². The first-order valence-electron chi connectivity index (χ1n) is 8.14. The molecule has 0 aliphatic rings. The van der Waals surface area contributed by atoms with Crippen LogP contribution in [0.5, 0.6) is 5.75 Å². The lowest BCUT2D eigenvalue weighted by Gasteiger charge is -2.06. The zero-order valence-corrected chi connectivity index (χ0v) is 14.2. The molecule has 132 valence electrons. The zero-order valence-electron chi connectivity index (χ0n) is 14.2. The molecule has 0 saturated carbocycles. The number of hydrogen-bond acceptors (Lipinski definition) is 5. The van der Waals surface area contributed by atoms with Crippen LogP contribution in [0.2, 0.25) is 0 Å². The van der Waals surface area contributed by atoms with E-state index in [1.165, 1.54) is 12.3 Å². The van der Waals surface area contributed by atoms with Crippen LogP contribution in [0.4, 0.5) is 0 Å². The van der Waals surface area contributed by atoms with E-state index in [9.17, 15) is 10.0 Å². The quantitative estimate of drug-likeness (QED) is 0.346. The Morgan fingerprint density at radius 1 is 1.28 bits per heavy atom. The molecule has 0 radical (unpaired) electrons. The van der Waals surface area contributed by atoms with Crippen molar-refractivity contribution in [1.29, 1.82) is 0 Å². The third-order valence-electron chi connectivity index (χ3n) is 3.22. The molecule has 0 atom stereocenters. The van der Waals surface area contributed by atoms with Crippen LogP contribution in [-0.4, -0.2) is 35.7 Å². The molecule has 2 rings (SSSR count). The van der Waals surface area contributed by atoms with Crippen molar-refractivity contribution in [2.75, 3.05) is 19.8 Å². The zero-order chi connectivity index (χ0) is 17.9. The fourth-order valence-electron chi connectivity index (χ4n) is 2.06. The Kier molecular flexibility index (Phi) is 7.31. The molecule has 0 aliphatic heterocycles. The third-order valence-corrected chi connectivity index (χ3v) is 3.22. The van der Waals surface area contributed by atoms with E-state index in [0.29, 0.717) is 25.2 Å². The Labute approximate surface area is 146 Å². The van der Waals surface area contributed by atoms with Gasteiger partial charge in [-0.3, -0.25) is 4.99 Å². The van der Waals surface area contributed by atoms with Gasteiger partial charge in [-0.15, -0.1) is 0 Å². The summed E-state index contributed by atoms with van der Waals surface area (Å²) in [7, 11) is 0. The highest BCUT2D eigenvalue weighted by Gasteiger charge is 1.97. The van der Waals surface area contributed by atoms with Crippen molar-refractivity contribution in [3.05, 3.63) is 65.8 Å². The van der Waals surface area contributed by atoms with Gasteiger partial charge in [0.25, 0.3) is 0 Å².